The first-order valence-electron chi connectivity index (χ1n) is 8.16. The third-order valence-electron chi connectivity index (χ3n) is 4.39. The van der Waals surface area contributed by atoms with Crippen LogP contribution in [0.2, 0.25) is 0 Å². The first kappa shape index (κ1) is 18.3. The van der Waals surface area contributed by atoms with Gasteiger partial charge in [0.1, 0.15) is 5.82 Å². The molecule has 1 amide bonds. The lowest BCUT2D eigenvalue weighted by atomic mass is 10.0. The van der Waals surface area contributed by atoms with Crippen LogP contribution in [0.15, 0.2) is 34.9 Å². The van der Waals surface area contributed by atoms with E-state index in [0.717, 1.165) is 13.1 Å². The van der Waals surface area contributed by atoms with Gasteiger partial charge in [-0.15, -0.1) is 12.4 Å². The Morgan fingerprint density at radius 2 is 1.92 bits per heavy atom. The maximum atomic E-state index is 13.2. The van der Waals surface area contributed by atoms with Crippen molar-refractivity contribution in [2.24, 2.45) is 0 Å². The van der Waals surface area contributed by atoms with Gasteiger partial charge in [0.2, 0.25) is 0 Å². The van der Waals surface area contributed by atoms with Crippen LogP contribution in [0, 0.1) is 12.7 Å². The SMILES string of the molecule is Cc1noc2nc(-c3ccc(F)cc3)cc(C(=O)N3CCNCC3)c12.Cl. The van der Waals surface area contributed by atoms with Crippen LogP contribution in [0.5, 0.6) is 0 Å². The molecule has 1 N–H and O–H groups in total. The van der Waals surface area contributed by atoms with Crippen LogP contribution in [-0.2, 0) is 0 Å². The molecule has 1 saturated heterocycles. The largest absolute Gasteiger partial charge is 0.336 e. The van der Waals surface area contributed by atoms with E-state index >= 15 is 0 Å². The van der Waals surface area contributed by atoms with Crippen LogP contribution < -0.4 is 5.32 Å². The van der Waals surface area contributed by atoms with Crippen LogP contribution in [0.1, 0.15) is 16.1 Å². The molecule has 0 aliphatic carbocycles. The monoisotopic (exact) mass is 376 g/mol. The third kappa shape index (κ3) is 3.27. The Balaban J connectivity index is 0.00000196. The molecule has 0 atom stereocenters. The number of rotatable bonds is 2. The number of carbonyl (C=O) groups excluding carboxylic acids is 1. The zero-order valence-electron chi connectivity index (χ0n) is 14.2. The number of piperazine rings is 1. The number of halogens is 2. The molecule has 1 aromatic carbocycles. The summed E-state index contributed by atoms with van der Waals surface area (Å²) in [5, 5.41) is 7.82. The Morgan fingerprint density at radius 1 is 1.23 bits per heavy atom. The lowest BCUT2D eigenvalue weighted by Crippen LogP contribution is -2.46. The third-order valence-corrected chi connectivity index (χ3v) is 4.39. The summed E-state index contributed by atoms with van der Waals surface area (Å²) in [5.41, 5.74) is 2.74. The number of nitrogens with zero attached hydrogens (tertiary/aromatic N) is 3. The van der Waals surface area contributed by atoms with Crippen molar-refractivity contribution < 1.29 is 13.7 Å². The predicted molar refractivity (Wildman–Crippen MR) is 98.0 cm³/mol. The Labute approximate surface area is 155 Å². The summed E-state index contributed by atoms with van der Waals surface area (Å²) in [4.78, 5) is 19.3. The van der Waals surface area contributed by atoms with E-state index in [1.54, 1.807) is 25.1 Å². The van der Waals surface area contributed by atoms with E-state index in [-0.39, 0.29) is 24.1 Å². The van der Waals surface area contributed by atoms with E-state index in [4.69, 9.17) is 4.52 Å². The Hall–Kier alpha value is -2.51. The molecule has 1 fully saturated rings. The summed E-state index contributed by atoms with van der Waals surface area (Å²) >= 11 is 0. The molecule has 6 nitrogen and oxygen atoms in total. The highest BCUT2D eigenvalue weighted by atomic mass is 35.5. The number of carbonyl (C=O) groups is 1. The molecule has 3 heterocycles. The number of aryl methyl sites for hydroxylation is 1. The molecule has 0 spiro atoms. The molecule has 3 aromatic rings. The molecule has 136 valence electrons. The van der Waals surface area contributed by atoms with Gasteiger partial charge in [0, 0.05) is 31.7 Å². The quantitative estimate of drug-likeness (QED) is 0.744. The van der Waals surface area contributed by atoms with Gasteiger partial charge in [0.15, 0.2) is 0 Å². The molecule has 0 saturated carbocycles. The van der Waals surface area contributed by atoms with Crippen molar-refractivity contribution in [3.63, 3.8) is 0 Å². The van der Waals surface area contributed by atoms with Crippen molar-refractivity contribution in [3.05, 3.63) is 47.4 Å². The van der Waals surface area contributed by atoms with Gasteiger partial charge in [0.25, 0.3) is 11.6 Å². The molecular weight excluding hydrogens is 359 g/mol. The molecule has 0 bridgehead atoms. The zero-order chi connectivity index (χ0) is 17.4. The minimum Gasteiger partial charge on any atom is -0.336 e. The highest BCUT2D eigenvalue weighted by molar-refractivity contribution is 6.07. The van der Waals surface area contributed by atoms with Crippen molar-refractivity contribution in [2.75, 3.05) is 26.2 Å². The van der Waals surface area contributed by atoms with Crippen molar-refractivity contribution in [1.29, 1.82) is 0 Å². The topological polar surface area (TPSA) is 71.3 Å². The summed E-state index contributed by atoms with van der Waals surface area (Å²) < 4.78 is 18.5. The molecular formula is C18H18ClFN4O2. The Morgan fingerprint density at radius 3 is 2.62 bits per heavy atom. The van der Waals surface area contributed by atoms with Crippen molar-refractivity contribution >= 4 is 29.4 Å². The van der Waals surface area contributed by atoms with Crippen molar-refractivity contribution in [3.8, 4) is 11.3 Å². The first-order valence-corrected chi connectivity index (χ1v) is 8.16. The van der Waals surface area contributed by atoms with Gasteiger partial charge in [-0.2, -0.15) is 0 Å². The van der Waals surface area contributed by atoms with Crippen LogP contribution in [-0.4, -0.2) is 47.1 Å². The summed E-state index contributed by atoms with van der Waals surface area (Å²) in [6, 6.07) is 7.73. The van der Waals surface area contributed by atoms with E-state index in [2.05, 4.69) is 15.5 Å². The maximum Gasteiger partial charge on any atom is 0.259 e. The number of benzene rings is 1. The minimum absolute atomic E-state index is 0. The lowest BCUT2D eigenvalue weighted by molar-refractivity contribution is 0.0737. The van der Waals surface area contributed by atoms with E-state index in [1.165, 1.54) is 12.1 Å². The van der Waals surface area contributed by atoms with Gasteiger partial charge in [0.05, 0.1) is 22.3 Å². The number of amides is 1. The molecule has 0 unspecified atom stereocenters. The fourth-order valence-corrected chi connectivity index (χ4v) is 3.07. The number of nitrogens with one attached hydrogen (secondary N) is 1. The molecule has 1 aliphatic heterocycles. The van der Waals surface area contributed by atoms with Gasteiger partial charge in [-0.25, -0.2) is 9.37 Å². The molecule has 26 heavy (non-hydrogen) atoms. The zero-order valence-corrected chi connectivity index (χ0v) is 15.0. The van der Waals surface area contributed by atoms with E-state index in [0.29, 0.717) is 46.7 Å². The van der Waals surface area contributed by atoms with Crippen LogP contribution >= 0.6 is 12.4 Å². The highest BCUT2D eigenvalue weighted by Gasteiger charge is 2.24. The van der Waals surface area contributed by atoms with Crippen LogP contribution in [0.4, 0.5) is 4.39 Å². The second-order valence-electron chi connectivity index (χ2n) is 6.05. The fraction of sp³-hybridized carbons (Fsp3) is 0.278. The number of aromatic nitrogens is 2. The standard InChI is InChI=1S/C18H17FN4O2.ClH/c1-11-16-14(18(24)23-8-6-20-7-9-23)10-15(21-17(16)25-22-11)12-2-4-13(19)5-3-12;/h2-5,10,20H,6-9H2,1H3;1H. The van der Waals surface area contributed by atoms with Gasteiger partial charge in [-0.1, -0.05) is 5.16 Å². The average Bonchev–Trinajstić information content (AvgIpc) is 3.03. The van der Waals surface area contributed by atoms with Crippen LogP contribution in [0.3, 0.4) is 0 Å². The second kappa shape index (κ2) is 7.39. The number of hydrogen-bond donors (Lipinski definition) is 1. The minimum atomic E-state index is -0.322. The summed E-state index contributed by atoms with van der Waals surface area (Å²) in [7, 11) is 0. The van der Waals surface area contributed by atoms with Gasteiger partial charge >= 0.3 is 0 Å². The second-order valence-corrected chi connectivity index (χ2v) is 6.05. The van der Waals surface area contributed by atoms with Gasteiger partial charge < -0.3 is 14.7 Å². The normalized spacial score (nSPS) is 14.3. The predicted octanol–water partition coefficient (Wildman–Crippen LogP) is 2.80. The highest BCUT2D eigenvalue weighted by Crippen LogP contribution is 2.28. The lowest BCUT2D eigenvalue weighted by Gasteiger charge is -2.27. The van der Waals surface area contributed by atoms with Crippen molar-refractivity contribution in [2.45, 2.75) is 6.92 Å². The van der Waals surface area contributed by atoms with Gasteiger partial charge in [-0.3, -0.25) is 4.79 Å². The van der Waals surface area contributed by atoms with E-state index < -0.39 is 0 Å². The maximum absolute atomic E-state index is 13.2. The van der Waals surface area contributed by atoms with Crippen molar-refractivity contribution in [1.82, 2.24) is 20.4 Å². The Bertz CT molecular complexity index is 936. The molecule has 4 rings (SSSR count). The fourth-order valence-electron chi connectivity index (χ4n) is 3.07. The molecule has 2 aromatic heterocycles. The smallest absolute Gasteiger partial charge is 0.259 e. The van der Waals surface area contributed by atoms with Crippen LogP contribution in [0.25, 0.3) is 22.4 Å². The molecule has 8 heteroatoms. The Kier molecular flexibility index (Phi) is 5.20. The van der Waals surface area contributed by atoms with E-state index in [9.17, 15) is 9.18 Å². The number of fused-ring (bicyclic) bond motifs is 1. The number of pyridine rings is 1. The summed E-state index contributed by atoms with van der Waals surface area (Å²) in [6.45, 7) is 4.64. The van der Waals surface area contributed by atoms with E-state index in [1.807, 2.05) is 4.90 Å². The number of hydrogen-bond acceptors (Lipinski definition) is 5. The summed E-state index contributed by atoms with van der Waals surface area (Å²) in [5.74, 6) is -0.388. The first-order chi connectivity index (χ1) is 12.1. The molecule has 1 aliphatic rings. The van der Waals surface area contributed by atoms with Gasteiger partial charge in [-0.05, 0) is 37.3 Å². The average molecular weight is 377 g/mol. The summed E-state index contributed by atoms with van der Waals surface area (Å²) in [6.07, 6.45) is 0. The molecule has 0 radical (unpaired) electrons.